The van der Waals surface area contributed by atoms with Crippen LogP contribution in [-0.4, -0.2) is 17.6 Å². The molecule has 0 aliphatic heterocycles. The molecule has 22 heavy (non-hydrogen) atoms. The van der Waals surface area contributed by atoms with Crippen molar-refractivity contribution in [1.82, 2.24) is 9.19 Å². The third-order valence-corrected chi connectivity index (χ3v) is 5.45. The molecule has 2 aromatic carbocycles. The Morgan fingerprint density at radius 1 is 1.14 bits per heavy atom. The van der Waals surface area contributed by atoms with Crippen LogP contribution in [0.3, 0.4) is 0 Å². The van der Waals surface area contributed by atoms with Crippen molar-refractivity contribution in [2.45, 2.75) is 18.7 Å². The molecule has 0 unspecified atom stereocenters. The van der Waals surface area contributed by atoms with Gasteiger partial charge in [-0.1, -0.05) is 33.6 Å². The van der Waals surface area contributed by atoms with Crippen molar-refractivity contribution in [3.05, 3.63) is 57.9 Å². The Kier molecular flexibility index (Phi) is 3.57. The average molecular weight is 383 g/mol. The zero-order chi connectivity index (χ0) is 16.1. The third-order valence-electron chi connectivity index (χ3n) is 3.39. The molecule has 0 aliphatic carbocycles. The predicted molar refractivity (Wildman–Crippen MR) is 85.9 cm³/mol. The van der Waals surface area contributed by atoms with Gasteiger partial charge in [-0.15, -0.1) is 0 Å². The van der Waals surface area contributed by atoms with E-state index in [0.29, 0.717) is 10.2 Å². The van der Waals surface area contributed by atoms with Gasteiger partial charge in [0.25, 0.3) is 10.0 Å². The summed E-state index contributed by atoms with van der Waals surface area (Å²) in [7, 11) is -3.88. The van der Waals surface area contributed by atoms with Crippen LogP contribution in [0.15, 0.2) is 45.8 Å². The minimum atomic E-state index is -3.88. The number of halogens is 2. The lowest BCUT2D eigenvalue weighted by Gasteiger charge is -2.06. The molecule has 114 valence electrons. The van der Waals surface area contributed by atoms with Crippen LogP contribution in [0.5, 0.6) is 0 Å². The van der Waals surface area contributed by atoms with Crippen LogP contribution in [0.4, 0.5) is 4.39 Å². The van der Waals surface area contributed by atoms with Crippen molar-refractivity contribution in [3.63, 3.8) is 0 Å². The Balaban J connectivity index is 2.32. The first-order valence-corrected chi connectivity index (χ1v) is 8.70. The summed E-state index contributed by atoms with van der Waals surface area (Å²) in [5, 5.41) is 4.24. The first-order chi connectivity index (χ1) is 10.3. The van der Waals surface area contributed by atoms with Crippen LogP contribution in [0, 0.1) is 19.7 Å². The number of aryl methyl sites for hydroxylation is 2. The highest BCUT2D eigenvalue weighted by atomic mass is 79.9. The minimum absolute atomic E-state index is 0.114. The van der Waals surface area contributed by atoms with Crippen molar-refractivity contribution >= 4 is 36.9 Å². The standard InChI is InChI=1S/C15H12BrFN2O2S/c1-9-3-5-12(6-4-9)22(20,21)19-14-8-11(16)7-13(17)15(14)10(2)18-19/h3-8H,1-2H3. The molecule has 1 aromatic heterocycles. The fourth-order valence-corrected chi connectivity index (χ4v) is 4.03. The molecule has 0 saturated carbocycles. The smallest absolute Gasteiger partial charge is 0.206 e. The van der Waals surface area contributed by atoms with Crippen LogP contribution < -0.4 is 0 Å². The summed E-state index contributed by atoms with van der Waals surface area (Å²) in [6.45, 7) is 3.46. The maximum absolute atomic E-state index is 14.1. The quantitative estimate of drug-likeness (QED) is 0.677. The fourth-order valence-electron chi connectivity index (χ4n) is 2.30. The molecule has 0 N–H and O–H groups in total. The predicted octanol–water partition coefficient (Wildman–Crippen LogP) is 3.79. The van der Waals surface area contributed by atoms with E-state index >= 15 is 0 Å². The molecule has 0 amide bonds. The monoisotopic (exact) mass is 382 g/mol. The molecule has 0 spiro atoms. The molecule has 0 radical (unpaired) electrons. The van der Waals surface area contributed by atoms with E-state index in [1.807, 2.05) is 6.92 Å². The largest absolute Gasteiger partial charge is 0.283 e. The molecular formula is C15H12BrFN2O2S. The fraction of sp³-hybridized carbons (Fsp3) is 0.133. The first kappa shape index (κ1) is 15.2. The lowest BCUT2D eigenvalue weighted by molar-refractivity contribution is 0.582. The molecule has 3 rings (SSSR count). The third kappa shape index (κ3) is 2.34. The van der Waals surface area contributed by atoms with E-state index in [9.17, 15) is 12.8 Å². The van der Waals surface area contributed by atoms with Gasteiger partial charge in [-0.25, -0.2) is 4.39 Å². The van der Waals surface area contributed by atoms with E-state index in [1.165, 1.54) is 18.2 Å². The number of aromatic nitrogens is 2. The molecule has 3 aromatic rings. The van der Waals surface area contributed by atoms with Crippen LogP contribution in [-0.2, 0) is 10.0 Å². The van der Waals surface area contributed by atoms with Crippen molar-refractivity contribution in [1.29, 1.82) is 0 Å². The number of benzene rings is 2. The molecular weight excluding hydrogens is 371 g/mol. The van der Waals surface area contributed by atoms with Gasteiger partial charge in [0.15, 0.2) is 0 Å². The Morgan fingerprint density at radius 3 is 2.41 bits per heavy atom. The number of nitrogens with zero attached hydrogens (tertiary/aromatic N) is 2. The van der Waals surface area contributed by atoms with E-state index in [0.717, 1.165) is 9.65 Å². The molecule has 0 fully saturated rings. The van der Waals surface area contributed by atoms with E-state index in [4.69, 9.17) is 0 Å². The lowest BCUT2D eigenvalue weighted by Crippen LogP contribution is -2.14. The van der Waals surface area contributed by atoms with E-state index in [1.54, 1.807) is 25.1 Å². The van der Waals surface area contributed by atoms with Crippen LogP contribution in [0.1, 0.15) is 11.3 Å². The van der Waals surface area contributed by atoms with Gasteiger partial charge >= 0.3 is 0 Å². The summed E-state index contributed by atoms with van der Waals surface area (Å²) in [6, 6.07) is 9.29. The van der Waals surface area contributed by atoms with Gasteiger partial charge in [0.2, 0.25) is 0 Å². The maximum Gasteiger partial charge on any atom is 0.283 e. The lowest BCUT2D eigenvalue weighted by atomic mass is 10.2. The summed E-state index contributed by atoms with van der Waals surface area (Å²) in [5.41, 5.74) is 1.50. The van der Waals surface area contributed by atoms with Gasteiger partial charge in [-0.2, -0.15) is 17.6 Å². The topological polar surface area (TPSA) is 52.0 Å². The molecule has 0 bridgehead atoms. The molecule has 1 heterocycles. The minimum Gasteiger partial charge on any atom is -0.206 e. The molecule has 4 nitrogen and oxygen atoms in total. The second kappa shape index (κ2) is 5.17. The van der Waals surface area contributed by atoms with Gasteiger partial charge in [0.1, 0.15) is 5.82 Å². The summed E-state index contributed by atoms with van der Waals surface area (Å²) in [5.74, 6) is -0.507. The number of rotatable bonds is 2. The zero-order valence-electron chi connectivity index (χ0n) is 11.8. The SMILES string of the molecule is Cc1ccc(S(=O)(=O)n2nc(C)c3c(F)cc(Br)cc32)cc1. The normalized spacial score (nSPS) is 12.0. The number of hydrogen-bond donors (Lipinski definition) is 0. The molecule has 0 aliphatic rings. The molecule has 0 saturated heterocycles. The van der Waals surface area contributed by atoms with Crippen molar-refractivity contribution < 1.29 is 12.8 Å². The highest BCUT2D eigenvalue weighted by molar-refractivity contribution is 9.10. The van der Waals surface area contributed by atoms with Crippen LogP contribution in [0.25, 0.3) is 10.9 Å². The second-order valence-electron chi connectivity index (χ2n) is 5.03. The zero-order valence-corrected chi connectivity index (χ0v) is 14.2. The van der Waals surface area contributed by atoms with Crippen molar-refractivity contribution in [3.8, 4) is 0 Å². The van der Waals surface area contributed by atoms with E-state index in [-0.39, 0.29) is 15.8 Å². The van der Waals surface area contributed by atoms with E-state index in [2.05, 4.69) is 21.0 Å². The van der Waals surface area contributed by atoms with E-state index < -0.39 is 15.8 Å². The highest BCUT2D eigenvalue weighted by Crippen LogP contribution is 2.28. The van der Waals surface area contributed by atoms with Gasteiger partial charge in [-0.3, -0.25) is 0 Å². The highest BCUT2D eigenvalue weighted by Gasteiger charge is 2.23. The Morgan fingerprint density at radius 2 is 1.77 bits per heavy atom. The Bertz CT molecular complexity index is 979. The van der Waals surface area contributed by atoms with Crippen molar-refractivity contribution in [2.24, 2.45) is 0 Å². The summed E-state index contributed by atoms with van der Waals surface area (Å²) < 4.78 is 40.9. The van der Waals surface area contributed by atoms with Crippen LogP contribution >= 0.6 is 15.9 Å². The first-order valence-electron chi connectivity index (χ1n) is 6.47. The number of hydrogen-bond acceptors (Lipinski definition) is 3. The Labute approximate surface area is 135 Å². The van der Waals surface area contributed by atoms with Gasteiger partial charge in [-0.05, 0) is 38.1 Å². The average Bonchev–Trinajstić information content (AvgIpc) is 2.77. The summed E-state index contributed by atoms with van der Waals surface area (Å²) >= 11 is 3.18. The molecule has 7 heteroatoms. The van der Waals surface area contributed by atoms with Gasteiger partial charge in [0, 0.05) is 4.47 Å². The van der Waals surface area contributed by atoms with Gasteiger partial charge < -0.3 is 0 Å². The summed E-state index contributed by atoms with van der Waals surface area (Å²) in [6.07, 6.45) is 0. The number of fused-ring (bicyclic) bond motifs is 1. The molecule has 0 atom stereocenters. The maximum atomic E-state index is 14.1. The van der Waals surface area contributed by atoms with Gasteiger partial charge in [0.05, 0.1) is 21.5 Å². The summed E-state index contributed by atoms with van der Waals surface area (Å²) in [4.78, 5) is 0.114. The second-order valence-corrected chi connectivity index (χ2v) is 7.71. The van der Waals surface area contributed by atoms with Crippen LogP contribution in [0.2, 0.25) is 0 Å². The van der Waals surface area contributed by atoms with Crippen molar-refractivity contribution in [2.75, 3.05) is 0 Å². The Hall–Kier alpha value is -1.73.